The highest BCUT2D eigenvalue weighted by molar-refractivity contribution is 6.29. The summed E-state index contributed by atoms with van der Waals surface area (Å²) in [7, 11) is 0. The third-order valence-electron chi connectivity index (χ3n) is 8.23. The Hall–Kier alpha value is -3.76. The van der Waals surface area contributed by atoms with Gasteiger partial charge in [0.25, 0.3) is 0 Å². The highest BCUT2D eigenvalue weighted by Gasteiger charge is 2.41. The van der Waals surface area contributed by atoms with Gasteiger partial charge in [-0.25, -0.2) is 4.79 Å². The predicted octanol–water partition coefficient (Wildman–Crippen LogP) is 3.90. The second-order valence-corrected chi connectivity index (χ2v) is 11.2. The number of aromatic nitrogens is 2. The lowest BCUT2D eigenvalue weighted by Crippen LogP contribution is -2.54. The molecule has 3 saturated heterocycles. The van der Waals surface area contributed by atoms with Crippen LogP contribution in [0.1, 0.15) is 18.4 Å². The van der Waals surface area contributed by atoms with E-state index in [2.05, 4.69) is 43.1 Å². The molecule has 6 rings (SSSR count). The number of halogens is 1. The molecule has 2 atom stereocenters. The van der Waals surface area contributed by atoms with E-state index < -0.39 is 0 Å². The summed E-state index contributed by atoms with van der Waals surface area (Å²) in [6.07, 6.45) is 1.96. The van der Waals surface area contributed by atoms with Crippen LogP contribution in [0.3, 0.4) is 0 Å². The van der Waals surface area contributed by atoms with Crippen LogP contribution in [0.5, 0.6) is 5.75 Å². The number of nitrogen functional groups attached to an aromatic ring is 1. The fourth-order valence-corrected chi connectivity index (χ4v) is 6.25. The lowest BCUT2D eigenvalue weighted by Gasteiger charge is -2.43. The predicted molar refractivity (Wildman–Crippen MR) is 160 cm³/mol. The zero-order chi connectivity index (χ0) is 28.2. The van der Waals surface area contributed by atoms with Crippen LogP contribution in [-0.4, -0.2) is 90.6 Å². The van der Waals surface area contributed by atoms with Crippen molar-refractivity contribution < 1.29 is 14.3 Å². The average molecular weight is 578 g/mol. The van der Waals surface area contributed by atoms with Gasteiger partial charge in [-0.1, -0.05) is 48.0 Å². The maximum Gasteiger partial charge on any atom is 0.410 e. The van der Waals surface area contributed by atoms with E-state index in [4.69, 9.17) is 26.8 Å². The largest absolute Gasteiger partial charge is 0.492 e. The van der Waals surface area contributed by atoms with Gasteiger partial charge >= 0.3 is 6.09 Å². The van der Waals surface area contributed by atoms with Crippen molar-refractivity contribution in [2.75, 3.05) is 68.0 Å². The summed E-state index contributed by atoms with van der Waals surface area (Å²) >= 11 is 6.13. The summed E-state index contributed by atoms with van der Waals surface area (Å²) in [5, 5.41) is 8.27. The molecule has 3 fully saturated rings. The van der Waals surface area contributed by atoms with Gasteiger partial charge in [0, 0.05) is 75.7 Å². The number of anilines is 3. The van der Waals surface area contributed by atoms with E-state index in [1.54, 1.807) is 4.90 Å². The molecule has 3 aromatic rings. The second kappa shape index (κ2) is 12.4. The number of carbonyl (C=O) groups is 1. The van der Waals surface area contributed by atoms with E-state index in [9.17, 15) is 4.79 Å². The molecule has 2 bridgehead atoms. The van der Waals surface area contributed by atoms with Crippen molar-refractivity contribution >= 4 is 34.9 Å². The molecular weight excluding hydrogens is 542 g/mol. The average Bonchev–Trinajstić information content (AvgIpc) is 3.26. The quantitative estimate of drug-likeness (QED) is 0.427. The molecule has 2 N–H and O–H groups in total. The molecule has 0 spiro atoms. The minimum Gasteiger partial charge on any atom is -0.492 e. The summed E-state index contributed by atoms with van der Waals surface area (Å²) in [5.41, 5.74) is 9.21. The molecule has 1 amide bonds. The molecule has 11 heteroatoms. The minimum atomic E-state index is -0.249. The molecule has 2 aromatic carbocycles. The van der Waals surface area contributed by atoms with Gasteiger partial charge in [-0.05, 0) is 30.5 Å². The molecular formula is C30H36ClN7O3. The lowest BCUT2D eigenvalue weighted by atomic mass is 10.1. The van der Waals surface area contributed by atoms with Gasteiger partial charge in [-0.3, -0.25) is 4.90 Å². The summed E-state index contributed by atoms with van der Waals surface area (Å²) in [4.78, 5) is 21.4. The number of nitrogens with zero attached hydrogens (tertiary/aromatic N) is 6. The van der Waals surface area contributed by atoms with Crippen molar-refractivity contribution in [3.8, 4) is 5.75 Å². The normalized spacial score (nSPS) is 20.8. The topological polar surface area (TPSA) is 100 Å². The molecule has 41 heavy (non-hydrogen) atoms. The fraction of sp³-hybridized carbons (Fsp3) is 0.433. The smallest absolute Gasteiger partial charge is 0.410 e. The standard InChI is InChI=1S/C30H36ClN7O3/c31-28-18-27(29(32)34-33-28)38-24-9-10-25(38)20-37(19-24)23-7-4-8-26(17-23)40-16-15-35-11-13-36(14-12-35)30(39)41-21-22-5-2-1-3-6-22/h1-8,17-18,24-25H,9-16,19-21H2,(H2,32,34). The van der Waals surface area contributed by atoms with Crippen LogP contribution >= 0.6 is 11.6 Å². The summed E-state index contributed by atoms with van der Waals surface area (Å²) in [6, 6.07) is 20.6. The number of ether oxygens (including phenoxy) is 2. The van der Waals surface area contributed by atoms with Crippen molar-refractivity contribution in [1.29, 1.82) is 0 Å². The Balaban J connectivity index is 0.958. The number of rotatable bonds is 8. The monoisotopic (exact) mass is 577 g/mol. The molecule has 2 unspecified atom stereocenters. The third kappa shape index (κ3) is 6.44. The van der Waals surface area contributed by atoms with Crippen LogP contribution in [0.15, 0.2) is 60.7 Å². The van der Waals surface area contributed by atoms with E-state index in [1.807, 2.05) is 42.5 Å². The van der Waals surface area contributed by atoms with Crippen molar-refractivity contribution in [3.63, 3.8) is 0 Å². The van der Waals surface area contributed by atoms with E-state index in [0.717, 1.165) is 62.6 Å². The van der Waals surface area contributed by atoms with Crippen LogP contribution in [-0.2, 0) is 11.3 Å². The number of fused-ring (bicyclic) bond motifs is 2. The van der Waals surface area contributed by atoms with Gasteiger partial charge in [0.05, 0.1) is 5.69 Å². The Morgan fingerprint density at radius 1 is 0.951 bits per heavy atom. The van der Waals surface area contributed by atoms with Crippen LogP contribution in [0.25, 0.3) is 0 Å². The molecule has 0 aliphatic carbocycles. The number of nitrogens with two attached hydrogens (primary N) is 1. The summed E-state index contributed by atoms with van der Waals surface area (Å²) < 4.78 is 11.6. The van der Waals surface area contributed by atoms with Crippen molar-refractivity contribution in [3.05, 3.63) is 71.4 Å². The van der Waals surface area contributed by atoms with Crippen molar-refractivity contribution in [2.45, 2.75) is 31.5 Å². The first-order valence-corrected chi connectivity index (χ1v) is 14.6. The first kappa shape index (κ1) is 27.4. The molecule has 1 aromatic heterocycles. The van der Waals surface area contributed by atoms with E-state index in [-0.39, 0.29) is 6.09 Å². The van der Waals surface area contributed by atoms with Gasteiger partial charge in [-0.15, -0.1) is 10.2 Å². The number of hydrogen-bond donors (Lipinski definition) is 1. The SMILES string of the molecule is Nc1nnc(Cl)cc1N1C2CCC1CN(c1cccc(OCCN3CCN(C(=O)OCc4ccccc4)CC3)c1)C2. The van der Waals surface area contributed by atoms with Gasteiger partial charge in [-0.2, -0.15) is 0 Å². The van der Waals surface area contributed by atoms with Crippen molar-refractivity contribution in [1.82, 2.24) is 20.0 Å². The summed E-state index contributed by atoms with van der Waals surface area (Å²) in [5.74, 6) is 1.30. The fourth-order valence-electron chi connectivity index (χ4n) is 6.11. The Morgan fingerprint density at radius 2 is 1.71 bits per heavy atom. The Bertz CT molecular complexity index is 1320. The van der Waals surface area contributed by atoms with E-state index in [0.29, 0.717) is 49.4 Å². The van der Waals surface area contributed by atoms with Crippen LogP contribution in [0.2, 0.25) is 5.15 Å². The molecule has 3 aliphatic rings. The maximum absolute atomic E-state index is 12.4. The highest BCUT2D eigenvalue weighted by Crippen LogP contribution is 2.39. The van der Waals surface area contributed by atoms with Crippen LogP contribution in [0, 0.1) is 0 Å². The number of piperazine rings is 2. The third-order valence-corrected chi connectivity index (χ3v) is 8.41. The molecule has 216 valence electrons. The van der Waals surface area contributed by atoms with E-state index >= 15 is 0 Å². The van der Waals surface area contributed by atoms with Gasteiger partial charge in [0.1, 0.15) is 19.0 Å². The molecule has 3 aliphatic heterocycles. The molecule has 10 nitrogen and oxygen atoms in total. The Kier molecular flexibility index (Phi) is 8.29. The minimum absolute atomic E-state index is 0.249. The number of hydrogen-bond acceptors (Lipinski definition) is 9. The Labute approximate surface area is 245 Å². The summed E-state index contributed by atoms with van der Waals surface area (Å²) in [6.45, 7) is 6.43. The zero-order valence-corrected chi connectivity index (χ0v) is 23.8. The zero-order valence-electron chi connectivity index (χ0n) is 23.1. The molecule has 0 saturated carbocycles. The first-order chi connectivity index (χ1) is 20.0. The Morgan fingerprint density at radius 3 is 2.46 bits per heavy atom. The lowest BCUT2D eigenvalue weighted by molar-refractivity contribution is 0.0684. The molecule has 4 heterocycles. The van der Waals surface area contributed by atoms with Crippen molar-refractivity contribution in [2.24, 2.45) is 0 Å². The second-order valence-electron chi connectivity index (χ2n) is 10.8. The van der Waals surface area contributed by atoms with E-state index in [1.165, 1.54) is 5.69 Å². The number of benzene rings is 2. The first-order valence-electron chi connectivity index (χ1n) is 14.3. The number of carbonyl (C=O) groups excluding carboxylic acids is 1. The van der Waals surface area contributed by atoms with Crippen LogP contribution in [0.4, 0.5) is 22.0 Å². The van der Waals surface area contributed by atoms with Gasteiger partial charge < -0.3 is 29.9 Å². The highest BCUT2D eigenvalue weighted by atomic mass is 35.5. The van der Waals surface area contributed by atoms with Gasteiger partial charge in [0.15, 0.2) is 11.0 Å². The molecule has 0 radical (unpaired) electrons. The van der Waals surface area contributed by atoms with Gasteiger partial charge in [0.2, 0.25) is 0 Å². The number of amides is 1. The van der Waals surface area contributed by atoms with Crippen LogP contribution < -0.4 is 20.3 Å². The maximum atomic E-state index is 12.4.